The smallest absolute Gasteiger partial charge is 0.179 e. The minimum Gasteiger partial charge on any atom is -0.325 e. The molecule has 0 amide bonds. The SMILES string of the molecule is CC(N)C(C)(C#N)/N=N/C(C)(C#N)C(C)N. The Labute approximate surface area is 95.9 Å². The maximum atomic E-state index is 8.97. The van der Waals surface area contributed by atoms with Gasteiger partial charge in [0, 0.05) is 12.1 Å². The number of azo groups is 1. The molecule has 88 valence electrons. The van der Waals surface area contributed by atoms with Crippen molar-refractivity contribution in [2.24, 2.45) is 21.7 Å². The molecule has 0 aromatic rings. The van der Waals surface area contributed by atoms with Crippen molar-refractivity contribution >= 4 is 0 Å². The van der Waals surface area contributed by atoms with Crippen molar-refractivity contribution in [3.05, 3.63) is 0 Å². The van der Waals surface area contributed by atoms with Gasteiger partial charge in [-0.05, 0) is 27.7 Å². The Balaban J connectivity index is 5.12. The minimum atomic E-state index is -1.13. The standard InChI is InChI=1S/C10H18N6/c1-7(13)9(3,5-11)15-16-10(4,6-12)8(2)14/h7-8H,13-14H2,1-4H3/b16-15+. The molecule has 16 heavy (non-hydrogen) atoms. The third kappa shape index (κ3) is 2.99. The van der Waals surface area contributed by atoms with Crippen LogP contribution in [-0.4, -0.2) is 23.2 Å². The predicted molar refractivity (Wildman–Crippen MR) is 60.2 cm³/mol. The van der Waals surface area contributed by atoms with E-state index in [4.69, 9.17) is 22.0 Å². The summed E-state index contributed by atoms with van der Waals surface area (Å²) in [5.74, 6) is 0. The topological polar surface area (TPSA) is 124 Å². The van der Waals surface area contributed by atoms with E-state index in [0.29, 0.717) is 0 Å². The highest BCUT2D eigenvalue weighted by Gasteiger charge is 2.33. The van der Waals surface area contributed by atoms with Crippen LogP contribution in [0.3, 0.4) is 0 Å². The summed E-state index contributed by atoms with van der Waals surface area (Å²) >= 11 is 0. The molecule has 4 atom stereocenters. The van der Waals surface area contributed by atoms with Gasteiger partial charge in [0.05, 0.1) is 12.1 Å². The summed E-state index contributed by atoms with van der Waals surface area (Å²) in [7, 11) is 0. The summed E-state index contributed by atoms with van der Waals surface area (Å²) in [5.41, 5.74) is 9.01. The molecule has 0 rings (SSSR count). The summed E-state index contributed by atoms with van der Waals surface area (Å²) in [6, 6.07) is 3.01. The largest absolute Gasteiger partial charge is 0.325 e. The second-order valence-electron chi connectivity index (χ2n) is 4.30. The zero-order chi connectivity index (χ0) is 13.0. The van der Waals surface area contributed by atoms with Gasteiger partial charge in [0.15, 0.2) is 11.1 Å². The lowest BCUT2D eigenvalue weighted by Gasteiger charge is -2.24. The highest BCUT2D eigenvalue weighted by molar-refractivity contribution is 5.12. The molecule has 0 aliphatic rings. The molecule has 0 aromatic carbocycles. The molecule has 0 radical (unpaired) electrons. The quantitative estimate of drug-likeness (QED) is 0.679. The van der Waals surface area contributed by atoms with Crippen molar-refractivity contribution in [3.63, 3.8) is 0 Å². The van der Waals surface area contributed by atoms with Crippen molar-refractivity contribution < 1.29 is 0 Å². The normalized spacial score (nSPS) is 22.5. The van der Waals surface area contributed by atoms with Gasteiger partial charge in [-0.15, -0.1) is 0 Å². The average molecular weight is 222 g/mol. The molecule has 0 bridgehead atoms. The van der Waals surface area contributed by atoms with Crippen molar-refractivity contribution in [1.82, 2.24) is 0 Å². The molecule has 0 aliphatic heterocycles. The molecule has 4 unspecified atom stereocenters. The molecule has 0 saturated carbocycles. The molecule has 0 spiro atoms. The lowest BCUT2D eigenvalue weighted by atomic mass is 9.96. The highest BCUT2D eigenvalue weighted by atomic mass is 15.2. The highest BCUT2D eigenvalue weighted by Crippen LogP contribution is 2.19. The number of nitrogens with two attached hydrogens (primary N) is 2. The van der Waals surface area contributed by atoms with E-state index in [1.807, 2.05) is 12.1 Å². The van der Waals surface area contributed by atoms with Gasteiger partial charge in [-0.25, -0.2) is 0 Å². The van der Waals surface area contributed by atoms with Gasteiger partial charge in [0.1, 0.15) is 0 Å². The van der Waals surface area contributed by atoms with Gasteiger partial charge in [-0.2, -0.15) is 20.8 Å². The Morgan fingerprint density at radius 1 is 0.938 bits per heavy atom. The maximum absolute atomic E-state index is 8.97. The lowest BCUT2D eigenvalue weighted by Crippen LogP contribution is -2.43. The summed E-state index contributed by atoms with van der Waals surface area (Å²) in [5, 5.41) is 25.7. The van der Waals surface area contributed by atoms with Crippen LogP contribution >= 0.6 is 0 Å². The van der Waals surface area contributed by atoms with Crippen molar-refractivity contribution in [1.29, 1.82) is 10.5 Å². The number of nitrogens with zero attached hydrogens (tertiary/aromatic N) is 4. The van der Waals surface area contributed by atoms with E-state index in [0.717, 1.165) is 0 Å². The molecule has 0 aromatic heterocycles. The van der Waals surface area contributed by atoms with Crippen LogP contribution in [0.5, 0.6) is 0 Å². The summed E-state index contributed by atoms with van der Waals surface area (Å²) in [4.78, 5) is 0. The average Bonchev–Trinajstić information content (AvgIpc) is 2.24. The number of nitriles is 2. The van der Waals surface area contributed by atoms with Gasteiger partial charge < -0.3 is 11.5 Å². The molecular weight excluding hydrogens is 204 g/mol. The van der Waals surface area contributed by atoms with Crippen LogP contribution in [0.2, 0.25) is 0 Å². The molecule has 4 N–H and O–H groups in total. The number of hydrogen-bond donors (Lipinski definition) is 2. The van der Waals surface area contributed by atoms with E-state index in [1.165, 1.54) is 0 Å². The first-order chi connectivity index (χ1) is 7.22. The third-order valence-electron chi connectivity index (χ3n) is 2.69. The van der Waals surface area contributed by atoms with Gasteiger partial charge in [0.2, 0.25) is 0 Å². The Morgan fingerprint density at radius 3 is 1.31 bits per heavy atom. The Hall–Kier alpha value is -1.50. The number of hydrogen-bond acceptors (Lipinski definition) is 6. The second kappa shape index (κ2) is 5.02. The first-order valence-corrected chi connectivity index (χ1v) is 4.99. The molecule has 0 saturated heterocycles. The molecular formula is C10H18N6. The van der Waals surface area contributed by atoms with E-state index >= 15 is 0 Å². The Bertz CT molecular complexity index is 313. The molecule has 0 aliphatic carbocycles. The summed E-state index contributed by atoms with van der Waals surface area (Å²) in [6.45, 7) is 6.47. The first kappa shape index (κ1) is 14.5. The fourth-order valence-corrected chi connectivity index (χ4v) is 0.638. The molecule has 0 heterocycles. The molecule has 0 fully saturated rings. The fraction of sp³-hybridized carbons (Fsp3) is 0.800. The van der Waals surface area contributed by atoms with E-state index < -0.39 is 23.2 Å². The number of rotatable bonds is 4. The van der Waals surface area contributed by atoms with E-state index in [9.17, 15) is 0 Å². The lowest BCUT2D eigenvalue weighted by molar-refractivity contribution is 0.412. The third-order valence-corrected chi connectivity index (χ3v) is 2.69. The summed E-state index contributed by atoms with van der Waals surface area (Å²) < 4.78 is 0. The molecule has 6 nitrogen and oxygen atoms in total. The minimum absolute atomic E-state index is 0.475. The van der Waals surface area contributed by atoms with Gasteiger partial charge >= 0.3 is 0 Å². The Kier molecular flexibility index (Phi) is 4.55. The first-order valence-electron chi connectivity index (χ1n) is 4.99. The Morgan fingerprint density at radius 2 is 1.19 bits per heavy atom. The van der Waals surface area contributed by atoms with E-state index in [2.05, 4.69) is 10.2 Å². The van der Waals surface area contributed by atoms with Gasteiger partial charge in [-0.3, -0.25) is 0 Å². The zero-order valence-corrected chi connectivity index (χ0v) is 10.1. The van der Waals surface area contributed by atoms with Gasteiger partial charge in [0.25, 0.3) is 0 Å². The van der Waals surface area contributed by atoms with Crippen LogP contribution in [0, 0.1) is 22.7 Å². The van der Waals surface area contributed by atoms with Crippen LogP contribution in [-0.2, 0) is 0 Å². The van der Waals surface area contributed by atoms with Crippen LogP contribution in [0.25, 0.3) is 0 Å². The van der Waals surface area contributed by atoms with Crippen LogP contribution in [0.15, 0.2) is 10.2 Å². The van der Waals surface area contributed by atoms with E-state index in [-0.39, 0.29) is 0 Å². The predicted octanol–water partition coefficient (Wildman–Crippen LogP) is 0.698. The fourth-order valence-electron chi connectivity index (χ4n) is 0.638. The van der Waals surface area contributed by atoms with Crippen LogP contribution in [0.4, 0.5) is 0 Å². The zero-order valence-electron chi connectivity index (χ0n) is 10.1. The van der Waals surface area contributed by atoms with Crippen molar-refractivity contribution in [3.8, 4) is 12.1 Å². The monoisotopic (exact) mass is 222 g/mol. The van der Waals surface area contributed by atoms with Crippen molar-refractivity contribution in [2.45, 2.75) is 50.9 Å². The van der Waals surface area contributed by atoms with Crippen LogP contribution < -0.4 is 11.5 Å². The second-order valence-corrected chi connectivity index (χ2v) is 4.30. The van der Waals surface area contributed by atoms with Gasteiger partial charge in [-0.1, -0.05) is 0 Å². The van der Waals surface area contributed by atoms with E-state index in [1.54, 1.807) is 27.7 Å². The summed E-state index contributed by atoms with van der Waals surface area (Å²) in [6.07, 6.45) is 0. The molecule has 6 heteroatoms. The maximum Gasteiger partial charge on any atom is 0.179 e. The van der Waals surface area contributed by atoms with Crippen LogP contribution in [0.1, 0.15) is 27.7 Å². The van der Waals surface area contributed by atoms with Crippen molar-refractivity contribution in [2.75, 3.05) is 0 Å².